The lowest BCUT2D eigenvalue weighted by atomic mass is 10.2. The highest BCUT2D eigenvalue weighted by molar-refractivity contribution is 7.71. The largest absolute Gasteiger partial charge is 0.328 e. The molecule has 0 aliphatic rings. The van der Waals surface area contributed by atoms with Gasteiger partial charge in [-0.15, -0.1) is 11.3 Å². The fourth-order valence-corrected chi connectivity index (χ4v) is 3.88. The fraction of sp³-hybridized carbons (Fsp3) is 0.429. The van der Waals surface area contributed by atoms with E-state index in [1.54, 1.807) is 0 Å². The number of hydrogen-bond acceptors (Lipinski definition) is 3. The van der Waals surface area contributed by atoms with Crippen LogP contribution in [0.2, 0.25) is 0 Å². The molecule has 1 N–H and O–H groups in total. The number of thiophene rings is 1. The molecule has 0 aromatic carbocycles. The topological polar surface area (TPSA) is 38.5 Å². The molecule has 0 aliphatic heterocycles. The zero-order valence-electron chi connectivity index (χ0n) is 12.1. The van der Waals surface area contributed by atoms with Gasteiger partial charge in [-0.25, -0.2) is 4.68 Å². The van der Waals surface area contributed by atoms with Gasteiger partial charge in [-0.3, -0.25) is 4.57 Å². The maximum Gasteiger partial charge on any atom is 0.179 e. The van der Waals surface area contributed by atoms with Crippen LogP contribution in [0.4, 0.5) is 0 Å². The first-order valence-corrected chi connectivity index (χ1v) is 7.99. The molecule has 3 aromatic heterocycles. The van der Waals surface area contributed by atoms with Gasteiger partial charge >= 0.3 is 0 Å². The van der Waals surface area contributed by atoms with E-state index in [1.807, 2.05) is 22.9 Å². The first kappa shape index (κ1) is 13.6. The third kappa shape index (κ3) is 1.94. The van der Waals surface area contributed by atoms with Crippen molar-refractivity contribution >= 4 is 34.7 Å². The molecule has 3 rings (SSSR count). The van der Waals surface area contributed by atoms with Gasteiger partial charge in [0.05, 0.1) is 11.7 Å². The molecular weight excluding hydrogens is 288 g/mol. The Balaban J connectivity index is 2.25. The molecule has 106 valence electrons. The van der Waals surface area contributed by atoms with Crippen molar-refractivity contribution in [2.24, 2.45) is 0 Å². The first-order valence-electron chi connectivity index (χ1n) is 6.77. The lowest BCUT2D eigenvalue weighted by Crippen LogP contribution is -2.09. The average molecular weight is 306 g/mol. The van der Waals surface area contributed by atoms with Gasteiger partial charge < -0.3 is 4.98 Å². The molecule has 0 saturated carbocycles. The molecule has 3 aromatic rings. The molecule has 0 radical (unpaired) electrons. The van der Waals surface area contributed by atoms with Gasteiger partial charge in [-0.05, 0) is 52.0 Å². The summed E-state index contributed by atoms with van der Waals surface area (Å²) in [4.78, 5) is 5.95. The van der Waals surface area contributed by atoms with Crippen molar-refractivity contribution in [2.75, 3.05) is 0 Å². The lowest BCUT2D eigenvalue weighted by Gasteiger charge is -2.13. The number of fused-ring (bicyclic) bond motifs is 1. The van der Waals surface area contributed by atoms with Gasteiger partial charge in [-0.2, -0.15) is 5.10 Å². The van der Waals surface area contributed by atoms with Gasteiger partial charge in [0.2, 0.25) is 0 Å². The molecule has 0 aliphatic carbocycles. The zero-order chi connectivity index (χ0) is 14.4. The van der Waals surface area contributed by atoms with E-state index in [9.17, 15) is 0 Å². The SMILES string of the molecule is CCn1nc(C)c2[nH]c(=S)n(C(C)c3ccc(C)s3)c21. The van der Waals surface area contributed by atoms with Crippen molar-refractivity contribution in [3.63, 3.8) is 0 Å². The van der Waals surface area contributed by atoms with Gasteiger partial charge in [0.15, 0.2) is 10.4 Å². The molecule has 4 nitrogen and oxygen atoms in total. The van der Waals surface area contributed by atoms with E-state index in [1.165, 1.54) is 9.75 Å². The maximum absolute atomic E-state index is 5.53. The van der Waals surface area contributed by atoms with E-state index >= 15 is 0 Å². The van der Waals surface area contributed by atoms with Crippen LogP contribution in [0.3, 0.4) is 0 Å². The van der Waals surface area contributed by atoms with Crippen LogP contribution in [0, 0.1) is 18.6 Å². The highest BCUT2D eigenvalue weighted by Gasteiger charge is 2.19. The Kier molecular flexibility index (Phi) is 3.30. The van der Waals surface area contributed by atoms with Crippen LogP contribution in [-0.2, 0) is 6.54 Å². The molecule has 20 heavy (non-hydrogen) atoms. The molecule has 0 amide bonds. The molecule has 3 heterocycles. The van der Waals surface area contributed by atoms with Crippen LogP contribution in [-0.4, -0.2) is 19.3 Å². The summed E-state index contributed by atoms with van der Waals surface area (Å²) in [6.45, 7) is 9.29. The van der Waals surface area contributed by atoms with Crippen molar-refractivity contribution < 1.29 is 0 Å². The molecule has 1 unspecified atom stereocenters. The Morgan fingerprint density at radius 3 is 2.75 bits per heavy atom. The molecule has 0 fully saturated rings. The van der Waals surface area contributed by atoms with Crippen LogP contribution < -0.4 is 0 Å². The van der Waals surface area contributed by atoms with Crippen molar-refractivity contribution in [2.45, 2.75) is 40.3 Å². The smallest absolute Gasteiger partial charge is 0.179 e. The first-order chi connectivity index (χ1) is 9.52. The minimum absolute atomic E-state index is 0.219. The van der Waals surface area contributed by atoms with E-state index in [-0.39, 0.29) is 6.04 Å². The number of rotatable bonds is 3. The molecule has 0 spiro atoms. The van der Waals surface area contributed by atoms with Crippen molar-refractivity contribution in [3.05, 3.63) is 32.4 Å². The summed E-state index contributed by atoms with van der Waals surface area (Å²) in [6, 6.07) is 4.56. The highest BCUT2D eigenvalue weighted by atomic mass is 32.1. The van der Waals surface area contributed by atoms with Crippen LogP contribution in [0.1, 0.15) is 35.3 Å². The van der Waals surface area contributed by atoms with E-state index in [0.29, 0.717) is 0 Å². The lowest BCUT2D eigenvalue weighted by molar-refractivity contribution is 0.602. The highest BCUT2D eigenvalue weighted by Crippen LogP contribution is 2.30. The van der Waals surface area contributed by atoms with Crippen LogP contribution in [0.5, 0.6) is 0 Å². The van der Waals surface area contributed by atoms with Gasteiger partial charge in [-0.1, -0.05) is 0 Å². The normalized spacial score (nSPS) is 13.2. The van der Waals surface area contributed by atoms with E-state index < -0.39 is 0 Å². The summed E-state index contributed by atoms with van der Waals surface area (Å²) >= 11 is 7.35. The van der Waals surface area contributed by atoms with Crippen LogP contribution >= 0.6 is 23.6 Å². The Labute approximate surface area is 127 Å². The maximum atomic E-state index is 5.53. The van der Waals surface area contributed by atoms with Gasteiger partial charge in [0.1, 0.15) is 5.52 Å². The quantitative estimate of drug-likeness (QED) is 0.736. The fourth-order valence-electron chi connectivity index (χ4n) is 2.61. The number of H-pyrrole nitrogens is 1. The number of imidazole rings is 1. The minimum atomic E-state index is 0.219. The van der Waals surface area contributed by atoms with Crippen molar-refractivity contribution in [1.29, 1.82) is 0 Å². The second kappa shape index (κ2) is 4.86. The van der Waals surface area contributed by atoms with Gasteiger partial charge in [0.25, 0.3) is 0 Å². The summed E-state index contributed by atoms with van der Waals surface area (Å²) in [5, 5.41) is 4.57. The summed E-state index contributed by atoms with van der Waals surface area (Å²) < 4.78 is 4.97. The number of hydrogen-bond donors (Lipinski definition) is 1. The van der Waals surface area contributed by atoms with E-state index in [0.717, 1.165) is 28.2 Å². The van der Waals surface area contributed by atoms with Crippen molar-refractivity contribution in [3.8, 4) is 0 Å². The van der Waals surface area contributed by atoms with Crippen LogP contribution in [0.15, 0.2) is 12.1 Å². The Morgan fingerprint density at radius 2 is 2.15 bits per heavy atom. The number of aryl methyl sites for hydroxylation is 3. The molecule has 1 atom stereocenters. The second-order valence-corrected chi connectivity index (χ2v) is 6.73. The Hall–Kier alpha value is -1.40. The third-order valence-corrected chi connectivity index (χ3v) is 5.11. The number of nitrogens with zero attached hydrogens (tertiary/aromatic N) is 3. The predicted molar refractivity (Wildman–Crippen MR) is 86.2 cm³/mol. The number of aromatic nitrogens is 4. The molecule has 6 heteroatoms. The zero-order valence-corrected chi connectivity index (χ0v) is 13.7. The summed E-state index contributed by atoms with van der Waals surface area (Å²) in [5.41, 5.74) is 3.15. The van der Waals surface area contributed by atoms with Crippen molar-refractivity contribution in [1.82, 2.24) is 19.3 Å². The van der Waals surface area contributed by atoms with E-state index in [2.05, 4.69) is 47.6 Å². The minimum Gasteiger partial charge on any atom is -0.328 e. The number of nitrogens with one attached hydrogen (secondary N) is 1. The van der Waals surface area contributed by atoms with E-state index in [4.69, 9.17) is 12.2 Å². The average Bonchev–Trinajstić information content (AvgIpc) is 3.05. The summed E-state index contributed by atoms with van der Waals surface area (Å²) in [6.07, 6.45) is 0. The number of aromatic amines is 1. The van der Waals surface area contributed by atoms with Gasteiger partial charge in [0, 0.05) is 16.3 Å². The Morgan fingerprint density at radius 1 is 1.40 bits per heavy atom. The molecular formula is C14H18N4S2. The standard InChI is InChI=1S/C14H18N4S2/c1-5-17-13-12(9(3)16-17)15-14(19)18(13)10(4)11-7-6-8(2)20-11/h6-7,10H,5H2,1-4H3,(H,15,19). The van der Waals surface area contributed by atoms with Crippen LogP contribution in [0.25, 0.3) is 11.2 Å². The summed E-state index contributed by atoms with van der Waals surface area (Å²) in [5.74, 6) is 0. The molecule has 0 saturated heterocycles. The predicted octanol–water partition coefficient (Wildman–Crippen LogP) is 4.20. The second-order valence-electron chi connectivity index (χ2n) is 5.02. The molecule has 0 bridgehead atoms. The monoisotopic (exact) mass is 306 g/mol. The third-order valence-electron chi connectivity index (χ3n) is 3.64. The Bertz CT molecular complexity index is 818. The summed E-state index contributed by atoms with van der Waals surface area (Å²) in [7, 11) is 0.